The van der Waals surface area contributed by atoms with Gasteiger partial charge in [0.1, 0.15) is 5.75 Å². The first kappa shape index (κ1) is 12.3. The Morgan fingerprint density at radius 2 is 2.06 bits per heavy atom. The van der Waals surface area contributed by atoms with E-state index in [9.17, 15) is 14.7 Å². The summed E-state index contributed by atoms with van der Waals surface area (Å²) in [5.74, 6) is -2.96. The first-order valence-electron chi connectivity index (χ1n) is 4.41. The first-order chi connectivity index (χ1) is 7.41. The van der Waals surface area contributed by atoms with E-state index in [2.05, 4.69) is 0 Å². The lowest BCUT2D eigenvalue weighted by Gasteiger charge is -2.11. The van der Waals surface area contributed by atoms with Crippen LogP contribution in [-0.2, 0) is 9.59 Å². The Morgan fingerprint density at radius 3 is 2.50 bits per heavy atom. The van der Waals surface area contributed by atoms with Crippen LogP contribution in [0.3, 0.4) is 0 Å². The van der Waals surface area contributed by atoms with Crippen molar-refractivity contribution in [2.24, 2.45) is 5.73 Å². The van der Waals surface area contributed by atoms with Gasteiger partial charge in [0.05, 0.1) is 17.4 Å². The molecule has 0 heterocycles. The lowest BCUT2D eigenvalue weighted by Crippen LogP contribution is -2.23. The van der Waals surface area contributed by atoms with E-state index in [0.29, 0.717) is 5.56 Å². The van der Waals surface area contributed by atoms with Crippen molar-refractivity contribution in [3.8, 4) is 5.75 Å². The minimum absolute atomic E-state index is 0.0501. The van der Waals surface area contributed by atoms with E-state index in [1.807, 2.05) is 0 Å². The van der Waals surface area contributed by atoms with Gasteiger partial charge in [-0.25, -0.2) is 0 Å². The zero-order valence-corrected chi connectivity index (χ0v) is 8.94. The Morgan fingerprint density at radius 1 is 1.44 bits per heavy atom. The molecule has 0 aliphatic carbocycles. The fourth-order valence-electron chi connectivity index (χ4n) is 1.30. The van der Waals surface area contributed by atoms with Crippen molar-refractivity contribution in [1.29, 1.82) is 0 Å². The standard InChI is InChI=1S/C10H10ClNO4/c11-7-3-5(1-2-8(7)13)6(10(12)16)4-9(14)15/h1-3,6,13H,4H2,(H2,12,16)(H,14,15). The maximum atomic E-state index is 11.1. The first-order valence-corrected chi connectivity index (χ1v) is 4.79. The molecule has 1 aromatic carbocycles. The molecule has 0 bridgehead atoms. The molecule has 0 aromatic heterocycles. The summed E-state index contributed by atoms with van der Waals surface area (Å²) in [7, 11) is 0. The van der Waals surface area contributed by atoms with Gasteiger partial charge in [-0.1, -0.05) is 17.7 Å². The van der Waals surface area contributed by atoms with E-state index in [1.54, 1.807) is 0 Å². The second-order valence-corrected chi connectivity index (χ2v) is 3.67. The maximum Gasteiger partial charge on any atom is 0.304 e. The van der Waals surface area contributed by atoms with E-state index < -0.39 is 24.2 Å². The average Bonchev–Trinajstić information content (AvgIpc) is 2.18. The highest BCUT2D eigenvalue weighted by Gasteiger charge is 2.21. The number of nitrogens with two attached hydrogens (primary N) is 1. The van der Waals surface area contributed by atoms with Gasteiger partial charge in [0.15, 0.2) is 0 Å². The van der Waals surface area contributed by atoms with Gasteiger partial charge in [0.25, 0.3) is 0 Å². The van der Waals surface area contributed by atoms with Crippen LogP contribution in [0, 0.1) is 0 Å². The number of aromatic hydroxyl groups is 1. The molecule has 1 aromatic rings. The number of carboxylic acid groups (broad SMARTS) is 1. The van der Waals surface area contributed by atoms with E-state index >= 15 is 0 Å². The molecule has 0 radical (unpaired) electrons. The largest absolute Gasteiger partial charge is 0.506 e. The summed E-state index contributed by atoms with van der Waals surface area (Å²) in [5, 5.41) is 17.9. The van der Waals surface area contributed by atoms with E-state index in [0.717, 1.165) is 0 Å². The molecule has 0 saturated heterocycles. The molecule has 1 amide bonds. The molecule has 0 spiro atoms. The summed E-state index contributed by atoms with van der Waals surface area (Å²) in [6, 6.07) is 4.03. The van der Waals surface area contributed by atoms with Crippen molar-refractivity contribution >= 4 is 23.5 Å². The van der Waals surface area contributed by atoms with Crippen LogP contribution in [0.5, 0.6) is 5.75 Å². The Bertz CT molecular complexity index is 433. The fourth-order valence-corrected chi connectivity index (χ4v) is 1.49. The number of benzene rings is 1. The second-order valence-electron chi connectivity index (χ2n) is 3.26. The number of rotatable bonds is 4. The highest BCUT2D eigenvalue weighted by molar-refractivity contribution is 6.32. The summed E-state index contributed by atoms with van der Waals surface area (Å²) in [5.41, 5.74) is 5.47. The topological polar surface area (TPSA) is 101 Å². The van der Waals surface area contributed by atoms with Crippen LogP contribution >= 0.6 is 11.6 Å². The molecule has 1 unspecified atom stereocenters. The number of phenolic OH excluding ortho intramolecular Hbond substituents is 1. The summed E-state index contributed by atoms with van der Waals surface area (Å²) < 4.78 is 0. The van der Waals surface area contributed by atoms with Crippen molar-refractivity contribution in [2.75, 3.05) is 0 Å². The zero-order chi connectivity index (χ0) is 12.3. The highest BCUT2D eigenvalue weighted by Crippen LogP contribution is 2.28. The highest BCUT2D eigenvalue weighted by atomic mass is 35.5. The molecule has 0 fully saturated rings. The third-order valence-corrected chi connectivity index (χ3v) is 2.40. The van der Waals surface area contributed by atoms with Gasteiger partial charge in [-0.05, 0) is 17.7 Å². The summed E-state index contributed by atoms with van der Waals surface area (Å²) in [4.78, 5) is 21.6. The van der Waals surface area contributed by atoms with Crippen molar-refractivity contribution < 1.29 is 19.8 Å². The number of primary amides is 1. The molecule has 6 heteroatoms. The quantitative estimate of drug-likeness (QED) is 0.737. The third kappa shape index (κ3) is 2.87. The monoisotopic (exact) mass is 243 g/mol. The van der Waals surface area contributed by atoms with Gasteiger partial charge in [-0.15, -0.1) is 0 Å². The van der Waals surface area contributed by atoms with E-state index in [1.165, 1.54) is 18.2 Å². The Balaban J connectivity index is 3.06. The zero-order valence-electron chi connectivity index (χ0n) is 8.18. The molecule has 1 rings (SSSR count). The molecular weight excluding hydrogens is 234 g/mol. The SMILES string of the molecule is NC(=O)C(CC(=O)O)c1ccc(O)c(Cl)c1. The molecule has 4 N–H and O–H groups in total. The number of phenols is 1. The number of aliphatic carboxylic acids is 1. The van der Waals surface area contributed by atoms with Crippen LogP contribution in [0.15, 0.2) is 18.2 Å². The number of carbonyl (C=O) groups excluding carboxylic acids is 1. The molecule has 5 nitrogen and oxygen atoms in total. The second kappa shape index (κ2) is 4.85. The molecule has 0 saturated carbocycles. The number of amides is 1. The van der Waals surface area contributed by atoms with Crippen LogP contribution in [0.1, 0.15) is 17.9 Å². The number of hydrogen-bond acceptors (Lipinski definition) is 3. The molecule has 0 aliphatic rings. The minimum Gasteiger partial charge on any atom is -0.506 e. The maximum absolute atomic E-state index is 11.1. The van der Waals surface area contributed by atoms with Crippen molar-refractivity contribution in [3.05, 3.63) is 28.8 Å². The molecule has 86 valence electrons. The van der Waals surface area contributed by atoms with Gasteiger partial charge in [-0.2, -0.15) is 0 Å². The van der Waals surface area contributed by atoms with Gasteiger partial charge in [-0.3, -0.25) is 9.59 Å². The molecule has 0 aliphatic heterocycles. The minimum atomic E-state index is -1.13. The van der Waals surface area contributed by atoms with Crippen LogP contribution in [0.4, 0.5) is 0 Å². The van der Waals surface area contributed by atoms with Crippen LogP contribution < -0.4 is 5.73 Å². The normalized spacial score (nSPS) is 12.1. The Labute approximate surface area is 96.4 Å². The third-order valence-electron chi connectivity index (χ3n) is 2.10. The average molecular weight is 244 g/mol. The predicted molar refractivity (Wildman–Crippen MR) is 57.3 cm³/mol. The van der Waals surface area contributed by atoms with Gasteiger partial charge in [0.2, 0.25) is 5.91 Å². The summed E-state index contributed by atoms with van der Waals surface area (Å²) >= 11 is 5.65. The van der Waals surface area contributed by atoms with Gasteiger partial charge < -0.3 is 15.9 Å². The van der Waals surface area contributed by atoms with Crippen molar-refractivity contribution in [3.63, 3.8) is 0 Å². The summed E-state index contributed by atoms with van der Waals surface area (Å²) in [6.07, 6.45) is -0.406. The van der Waals surface area contributed by atoms with E-state index in [-0.39, 0.29) is 10.8 Å². The predicted octanol–water partition coefficient (Wildman–Crippen LogP) is 1.09. The molecular formula is C10H10ClNO4. The van der Waals surface area contributed by atoms with Gasteiger partial charge >= 0.3 is 5.97 Å². The molecule has 16 heavy (non-hydrogen) atoms. The van der Waals surface area contributed by atoms with Crippen LogP contribution in [-0.4, -0.2) is 22.1 Å². The van der Waals surface area contributed by atoms with E-state index in [4.69, 9.17) is 22.4 Å². The van der Waals surface area contributed by atoms with Crippen molar-refractivity contribution in [2.45, 2.75) is 12.3 Å². The lowest BCUT2D eigenvalue weighted by atomic mass is 9.95. The number of hydrogen-bond donors (Lipinski definition) is 3. The molecule has 1 atom stereocenters. The summed E-state index contributed by atoms with van der Waals surface area (Å²) in [6.45, 7) is 0. The number of halogens is 1. The lowest BCUT2D eigenvalue weighted by molar-refractivity contribution is -0.139. The van der Waals surface area contributed by atoms with Crippen LogP contribution in [0.2, 0.25) is 5.02 Å². The van der Waals surface area contributed by atoms with Crippen molar-refractivity contribution in [1.82, 2.24) is 0 Å². The number of carboxylic acids is 1. The Kier molecular flexibility index (Phi) is 3.73. The fraction of sp³-hybridized carbons (Fsp3) is 0.200. The van der Waals surface area contributed by atoms with Gasteiger partial charge in [0, 0.05) is 0 Å². The smallest absolute Gasteiger partial charge is 0.304 e. The Hall–Kier alpha value is -1.75. The van der Waals surface area contributed by atoms with Crippen LogP contribution in [0.25, 0.3) is 0 Å². The number of carbonyl (C=O) groups is 2.